The predicted octanol–water partition coefficient (Wildman–Crippen LogP) is 10.9. The molecule has 5 rings (SSSR count). The van der Waals surface area contributed by atoms with Crippen LogP contribution in [0.15, 0.2) is 72.4 Å². The molecule has 39 heavy (non-hydrogen) atoms. The van der Waals surface area contributed by atoms with Gasteiger partial charge in [-0.1, -0.05) is 125 Å². The molecular weight excluding hydrogens is 468 g/mol. The van der Waals surface area contributed by atoms with Crippen LogP contribution in [0.5, 0.6) is 0 Å². The lowest BCUT2D eigenvalue weighted by Crippen LogP contribution is -2.21. The van der Waals surface area contributed by atoms with E-state index in [0.29, 0.717) is 17.8 Å². The van der Waals surface area contributed by atoms with Crippen molar-refractivity contribution in [1.29, 1.82) is 0 Å². The number of benzene rings is 2. The van der Waals surface area contributed by atoms with E-state index in [4.69, 9.17) is 0 Å². The van der Waals surface area contributed by atoms with E-state index in [9.17, 15) is 0 Å². The minimum Gasteiger partial charge on any atom is -0.0986 e. The van der Waals surface area contributed by atoms with Gasteiger partial charge in [0.25, 0.3) is 0 Å². The van der Waals surface area contributed by atoms with Crippen molar-refractivity contribution in [3.63, 3.8) is 0 Å². The fourth-order valence-electron chi connectivity index (χ4n) is 7.85. The van der Waals surface area contributed by atoms with E-state index in [2.05, 4.69) is 103 Å². The first-order chi connectivity index (χ1) is 18.6. The predicted molar refractivity (Wildman–Crippen MR) is 171 cm³/mol. The van der Waals surface area contributed by atoms with Crippen molar-refractivity contribution in [2.75, 3.05) is 0 Å². The average molecular weight is 519 g/mol. The Morgan fingerprint density at radius 2 is 1.72 bits per heavy atom. The first-order valence-electron chi connectivity index (χ1n) is 15.6. The Hall–Kier alpha value is -2.60. The van der Waals surface area contributed by atoms with E-state index < -0.39 is 0 Å². The zero-order valence-electron chi connectivity index (χ0n) is 25.4. The molecule has 3 aliphatic rings. The Bertz CT molecular complexity index is 1310. The summed E-state index contributed by atoms with van der Waals surface area (Å²) in [5.41, 5.74) is 14.4. The fourth-order valence-corrected chi connectivity index (χ4v) is 7.85. The van der Waals surface area contributed by atoms with Gasteiger partial charge in [-0.3, -0.25) is 0 Å². The fraction of sp³-hybridized carbons (Fsp3) is 0.487. The number of hydrogen-bond acceptors (Lipinski definition) is 0. The third-order valence-electron chi connectivity index (χ3n) is 10.2. The number of rotatable bonds is 7. The van der Waals surface area contributed by atoms with Gasteiger partial charge in [0.15, 0.2) is 0 Å². The van der Waals surface area contributed by atoms with Crippen LogP contribution in [-0.2, 0) is 12.8 Å². The monoisotopic (exact) mass is 518 g/mol. The molecule has 0 N–H and O–H groups in total. The molecule has 0 aromatic heterocycles. The molecule has 0 radical (unpaired) electrons. The Morgan fingerprint density at radius 3 is 2.46 bits per heavy atom. The number of allylic oxidation sites excluding steroid dienone is 5. The average Bonchev–Trinajstić information content (AvgIpc) is 3.31. The Labute approximate surface area is 239 Å². The van der Waals surface area contributed by atoms with Gasteiger partial charge in [-0.25, -0.2) is 0 Å². The molecule has 2 aromatic carbocycles. The second-order valence-corrected chi connectivity index (χ2v) is 13.7. The van der Waals surface area contributed by atoms with E-state index in [0.717, 1.165) is 30.6 Å². The van der Waals surface area contributed by atoms with Crippen LogP contribution in [0.1, 0.15) is 87.6 Å². The van der Waals surface area contributed by atoms with Gasteiger partial charge in [-0.15, -0.1) is 0 Å². The smallest absolute Gasteiger partial charge is 0.00828 e. The molecule has 3 aliphatic carbocycles. The third-order valence-corrected chi connectivity index (χ3v) is 10.2. The molecule has 0 heteroatoms. The van der Waals surface area contributed by atoms with Crippen LogP contribution >= 0.6 is 0 Å². The summed E-state index contributed by atoms with van der Waals surface area (Å²) in [4.78, 5) is 0. The van der Waals surface area contributed by atoms with Crippen molar-refractivity contribution in [1.82, 2.24) is 0 Å². The van der Waals surface area contributed by atoms with Crippen LogP contribution in [0.3, 0.4) is 0 Å². The quantitative estimate of drug-likeness (QED) is 0.320. The van der Waals surface area contributed by atoms with Gasteiger partial charge in [-0.05, 0) is 102 Å². The summed E-state index contributed by atoms with van der Waals surface area (Å²) < 4.78 is 0. The maximum atomic E-state index is 4.57. The molecule has 0 amide bonds. The van der Waals surface area contributed by atoms with Crippen LogP contribution in [0.4, 0.5) is 0 Å². The summed E-state index contributed by atoms with van der Waals surface area (Å²) in [5, 5.41) is 0. The van der Waals surface area contributed by atoms with E-state index >= 15 is 0 Å². The Morgan fingerprint density at radius 1 is 0.923 bits per heavy atom. The van der Waals surface area contributed by atoms with Crippen molar-refractivity contribution < 1.29 is 0 Å². The molecule has 0 heterocycles. The maximum Gasteiger partial charge on any atom is 0.00828 e. The van der Waals surface area contributed by atoms with Crippen LogP contribution in [0.25, 0.3) is 17.2 Å². The van der Waals surface area contributed by atoms with Crippen molar-refractivity contribution in [2.24, 2.45) is 35.5 Å². The minimum atomic E-state index is 0.350. The molecule has 4 unspecified atom stereocenters. The molecule has 1 saturated carbocycles. The lowest BCUT2D eigenvalue weighted by Gasteiger charge is -2.32. The summed E-state index contributed by atoms with van der Waals surface area (Å²) in [6, 6.07) is 11.9. The first-order valence-corrected chi connectivity index (χ1v) is 15.6. The summed E-state index contributed by atoms with van der Waals surface area (Å²) >= 11 is 0. The van der Waals surface area contributed by atoms with Crippen molar-refractivity contribution in [3.05, 3.63) is 100 Å². The topological polar surface area (TPSA) is 0 Å². The highest BCUT2D eigenvalue weighted by molar-refractivity contribution is 5.80. The minimum absolute atomic E-state index is 0.350. The Kier molecular flexibility index (Phi) is 8.23. The number of hydrogen-bond donors (Lipinski definition) is 0. The van der Waals surface area contributed by atoms with Crippen molar-refractivity contribution in [2.45, 2.75) is 86.5 Å². The molecule has 1 fully saturated rings. The van der Waals surface area contributed by atoms with E-state index in [-0.39, 0.29) is 0 Å². The molecule has 0 nitrogen and oxygen atoms in total. The highest BCUT2D eigenvalue weighted by Crippen LogP contribution is 2.44. The summed E-state index contributed by atoms with van der Waals surface area (Å²) in [6.45, 7) is 23.1. The second-order valence-electron chi connectivity index (χ2n) is 13.7. The van der Waals surface area contributed by atoms with Gasteiger partial charge in [0.2, 0.25) is 0 Å². The summed E-state index contributed by atoms with van der Waals surface area (Å²) in [6.07, 6.45) is 15.9. The highest BCUT2D eigenvalue weighted by atomic mass is 14.3. The normalized spacial score (nSPS) is 25.0. The second kappa shape index (κ2) is 11.5. The first kappa shape index (κ1) is 27.9. The number of fused-ring (bicyclic) bond motifs is 1. The summed E-state index contributed by atoms with van der Waals surface area (Å²) in [7, 11) is 0. The van der Waals surface area contributed by atoms with Gasteiger partial charge in [-0.2, -0.15) is 0 Å². The molecule has 0 spiro atoms. The molecular formula is C39H50. The standard InChI is InChI=1S/C39H50/c1-24(2)32-12-9-11-30(19-32)21-37-28(7)17-26(5)18-39(37)35-14-10-13-33-20-31(23-38(33)35)22-36-27(6)15-16-34(25(3)4)29(36)8/h10,13-18,20,24-25,30,32,34,36H,6,8-9,11-12,19,21-23H2,1-5,7H3. The summed E-state index contributed by atoms with van der Waals surface area (Å²) in [5.74, 6) is 3.88. The lowest BCUT2D eigenvalue weighted by molar-refractivity contribution is 0.214. The zero-order valence-corrected chi connectivity index (χ0v) is 25.4. The van der Waals surface area contributed by atoms with E-state index in [1.807, 2.05) is 0 Å². The molecule has 0 bridgehead atoms. The third kappa shape index (κ3) is 5.82. The molecule has 0 aliphatic heterocycles. The van der Waals surface area contributed by atoms with Crippen LogP contribution in [-0.4, -0.2) is 0 Å². The van der Waals surface area contributed by atoms with Gasteiger partial charge in [0, 0.05) is 11.8 Å². The lowest BCUT2D eigenvalue weighted by atomic mass is 9.72. The highest BCUT2D eigenvalue weighted by Gasteiger charge is 2.30. The van der Waals surface area contributed by atoms with Crippen molar-refractivity contribution in [3.8, 4) is 11.1 Å². The van der Waals surface area contributed by atoms with Gasteiger partial charge >= 0.3 is 0 Å². The molecule has 0 saturated heterocycles. The maximum absolute atomic E-state index is 4.57. The van der Waals surface area contributed by atoms with Gasteiger partial charge < -0.3 is 0 Å². The van der Waals surface area contributed by atoms with E-state index in [1.165, 1.54) is 82.2 Å². The zero-order chi connectivity index (χ0) is 27.8. The van der Waals surface area contributed by atoms with Crippen LogP contribution < -0.4 is 0 Å². The number of aryl methyl sites for hydroxylation is 2. The SMILES string of the molecule is C=C1C=CC(C(C)C)C(=C)C1CC1=Cc2cccc(-c3cc(C)cc(C)c3CC3CCCC(C(C)C)C3)c2C1. The van der Waals surface area contributed by atoms with Gasteiger partial charge in [0.1, 0.15) is 0 Å². The molecule has 206 valence electrons. The van der Waals surface area contributed by atoms with Gasteiger partial charge in [0.05, 0.1) is 0 Å². The van der Waals surface area contributed by atoms with Crippen LogP contribution in [0.2, 0.25) is 0 Å². The molecule has 2 aromatic rings. The van der Waals surface area contributed by atoms with E-state index in [1.54, 1.807) is 5.56 Å². The van der Waals surface area contributed by atoms with Crippen LogP contribution in [0, 0.1) is 49.4 Å². The Balaban J connectivity index is 1.42. The largest absolute Gasteiger partial charge is 0.0986 e. The van der Waals surface area contributed by atoms with Crippen molar-refractivity contribution >= 4 is 6.08 Å². The molecule has 4 atom stereocenters.